The highest BCUT2D eigenvalue weighted by Crippen LogP contribution is 2.14. The van der Waals surface area contributed by atoms with E-state index < -0.39 is 38.2 Å². The average Bonchev–Trinajstić information content (AvgIpc) is 3.38. The minimum atomic E-state index is -3.70. The van der Waals surface area contributed by atoms with Gasteiger partial charge in [-0.05, 0) is 24.0 Å². The lowest BCUT2D eigenvalue weighted by Gasteiger charge is -2.05. The molecule has 2 heterocycles. The second-order valence-electron chi connectivity index (χ2n) is 6.75. The Labute approximate surface area is 187 Å². The number of nitro groups is 1. The highest BCUT2D eigenvalue weighted by atomic mass is 32.2. The van der Waals surface area contributed by atoms with E-state index >= 15 is 0 Å². The Balaban J connectivity index is 1.45. The standard InChI is InChI=1S/C18H19N7O7S/c1-12-9-15(25(28)29)22-24(12)10-16(26)19-7-8-20-17(27)18-21-14(23-32-18)11-33(30,31)13-5-3-2-4-6-13/h2-6,9H,7-8,10-11H2,1H3,(H,19,26)(H,20,27). The van der Waals surface area contributed by atoms with Gasteiger partial charge >= 0.3 is 17.6 Å². The molecule has 0 aliphatic carbocycles. The number of hydrogen-bond acceptors (Lipinski definition) is 10. The smallest absolute Gasteiger partial charge is 0.358 e. The lowest BCUT2D eigenvalue weighted by molar-refractivity contribution is -0.389. The number of carbonyl (C=O) groups is 2. The minimum Gasteiger partial charge on any atom is -0.358 e. The van der Waals surface area contributed by atoms with Crippen LogP contribution < -0.4 is 10.6 Å². The van der Waals surface area contributed by atoms with Gasteiger partial charge in [0.25, 0.3) is 0 Å². The summed E-state index contributed by atoms with van der Waals surface area (Å²) in [6.45, 7) is 1.42. The van der Waals surface area contributed by atoms with Gasteiger partial charge in [0.15, 0.2) is 15.7 Å². The fourth-order valence-electron chi connectivity index (χ4n) is 2.67. The van der Waals surface area contributed by atoms with Crippen molar-refractivity contribution < 1.29 is 27.5 Å². The monoisotopic (exact) mass is 477 g/mol. The molecule has 15 heteroatoms. The second kappa shape index (κ2) is 9.99. The summed E-state index contributed by atoms with van der Waals surface area (Å²) in [5, 5.41) is 22.9. The molecule has 0 spiro atoms. The molecule has 0 aliphatic rings. The van der Waals surface area contributed by atoms with Crippen molar-refractivity contribution in [1.29, 1.82) is 0 Å². The molecule has 2 aromatic heterocycles. The van der Waals surface area contributed by atoms with Gasteiger partial charge < -0.3 is 25.3 Å². The summed E-state index contributed by atoms with van der Waals surface area (Å²) >= 11 is 0. The van der Waals surface area contributed by atoms with E-state index in [4.69, 9.17) is 4.52 Å². The Hall–Kier alpha value is -4.14. The summed E-state index contributed by atoms with van der Waals surface area (Å²) < 4.78 is 30.7. The Morgan fingerprint density at radius 2 is 1.88 bits per heavy atom. The molecular formula is C18H19N7O7S. The van der Waals surface area contributed by atoms with Crippen molar-refractivity contribution in [3.05, 3.63) is 63.9 Å². The first kappa shape index (κ1) is 23.5. The van der Waals surface area contributed by atoms with E-state index in [2.05, 4.69) is 25.9 Å². The van der Waals surface area contributed by atoms with Gasteiger partial charge in [0, 0.05) is 13.1 Å². The molecule has 14 nitrogen and oxygen atoms in total. The predicted molar refractivity (Wildman–Crippen MR) is 111 cm³/mol. The third-order valence-electron chi connectivity index (χ3n) is 4.27. The molecule has 0 radical (unpaired) electrons. The van der Waals surface area contributed by atoms with Crippen molar-refractivity contribution in [3.63, 3.8) is 0 Å². The summed E-state index contributed by atoms with van der Waals surface area (Å²) in [6, 6.07) is 8.97. The third-order valence-corrected chi connectivity index (χ3v) is 5.89. The molecule has 0 saturated heterocycles. The summed E-state index contributed by atoms with van der Waals surface area (Å²) in [7, 11) is -3.70. The van der Waals surface area contributed by atoms with E-state index in [0.717, 1.165) is 0 Å². The molecule has 0 saturated carbocycles. The van der Waals surface area contributed by atoms with E-state index in [0.29, 0.717) is 5.69 Å². The summed E-state index contributed by atoms with van der Waals surface area (Å²) in [5.41, 5.74) is 0.451. The molecule has 2 amide bonds. The molecule has 3 rings (SSSR count). The number of aryl methyl sites for hydroxylation is 1. The van der Waals surface area contributed by atoms with Gasteiger partial charge in [-0.25, -0.2) is 8.42 Å². The number of nitrogens with one attached hydrogen (secondary N) is 2. The first-order valence-corrected chi connectivity index (χ1v) is 11.1. The van der Waals surface area contributed by atoms with Crippen LogP contribution in [0, 0.1) is 17.0 Å². The van der Waals surface area contributed by atoms with Crippen LogP contribution in [0.15, 0.2) is 45.8 Å². The molecule has 0 bridgehead atoms. The number of aromatic nitrogens is 4. The largest absolute Gasteiger partial charge is 0.390 e. The van der Waals surface area contributed by atoms with Gasteiger partial charge in [0.2, 0.25) is 5.91 Å². The van der Waals surface area contributed by atoms with Gasteiger partial charge in [0.05, 0.1) is 21.8 Å². The zero-order valence-corrected chi connectivity index (χ0v) is 18.1. The molecule has 0 unspecified atom stereocenters. The van der Waals surface area contributed by atoms with Crippen molar-refractivity contribution in [2.24, 2.45) is 0 Å². The van der Waals surface area contributed by atoms with Crippen molar-refractivity contribution in [2.75, 3.05) is 13.1 Å². The van der Waals surface area contributed by atoms with E-state index in [-0.39, 0.29) is 36.2 Å². The number of nitrogens with zero attached hydrogens (tertiary/aromatic N) is 5. The summed E-state index contributed by atoms with van der Waals surface area (Å²) in [4.78, 5) is 38.0. The van der Waals surface area contributed by atoms with E-state index in [9.17, 15) is 28.1 Å². The van der Waals surface area contributed by atoms with Gasteiger partial charge in [-0.3, -0.25) is 9.59 Å². The Morgan fingerprint density at radius 1 is 1.18 bits per heavy atom. The zero-order chi connectivity index (χ0) is 24.0. The van der Waals surface area contributed by atoms with Gasteiger partial charge in [-0.15, -0.1) is 0 Å². The lowest BCUT2D eigenvalue weighted by atomic mass is 10.4. The molecule has 3 aromatic rings. The topological polar surface area (TPSA) is 192 Å². The SMILES string of the molecule is Cc1cc([N+](=O)[O-])nn1CC(=O)NCCNC(=O)c1nc(CS(=O)(=O)c2ccccc2)no1. The van der Waals surface area contributed by atoms with E-state index in [1.54, 1.807) is 25.1 Å². The maximum absolute atomic E-state index is 12.3. The van der Waals surface area contributed by atoms with Crippen LogP contribution in [-0.4, -0.2) is 58.2 Å². The van der Waals surface area contributed by atoms with E-state index in [1.807, 2.05) is 0 Å². The molecule has 0 fully saturated rings. The highest BCUT2D eigenvalue weighted by molar-refractivity contribution is 7.90. The van der Waals surface area contributed by atoms with Crippen molar-refractivity contribution in [1.82, 2.24) is 30.6 Å². The molecular weight excluding hydrogens is 458 g/mol. The van der Waals surface area contributed by atoms with Crippen LogP contribution in [0.25, 0.3) is 0 Å². The number of amides is 2. The second-order valence-corrected chi connectivity index (χ2v) is 8.74. The number of carbonyl (C=O) groups excluding carboxylic acids is 2. The fourth-order valence-corrected chi connectivity index (χ4v) is 3.87. The van der Waals surface area contributed by atoms with Gasteiger partial charge in [0.1, 0.15) is 12.3 Å². The average molecular weight is 477 g/mol. The van der Waals surface area contributed by atoms with Crippen molar-refractivity contribution in [3.8, 4) is 0 Å². The normalized spacial score (nSPS) is 11.2. The Morgan fingerprint density at radius 3 is 2.55 bits per heavy atom. The van der Waals surface area contributed by atoms with Crippen molar-refractivity contribution in [2.45, 2.75) is 24.1 Å². The molecule has 0 atom stereocenters. The number of sulfone groups is 1. The quantitative estimate of drug-likeness (QED) is 0.228. The number of hydrogen-bond donors (Lipinski definition) is 2. The molecule has 0 aliphatic heterocycles. The maximum Gasteiger partial charge on any atom is 0.390 e. The van der Waals surface area contributed by atoms with Crippen LogP contribution in [0.3, 0.4) is 0 Å². The number of benzene rings is 1. The van der Waals surface area contributed by atoms with Gasteiger partial charge in [-0.2, -0.15) is 9.67 Å². The predicted octanol–water partition coefficient (Wildman–Crippen LogP) is 0.00282. The fraction of sp³-hybridized carbons (Fsp3) is 0.278. The summed E-state index contributed by atoms with van der Waals surface area (Å²) in [5.74, 6) is -2.67. The lowest BCUT2D eigenvalue weighted by Crippen LogP contribution is -2.36. The highest BCUT2D eigenvalue weighted by Gasteiger charge is 2.22. The molecule has 2 N–H and O–H groups in total. The summed E-state index contributed by atoms with van der Waals surface area (Å²) in [6.07, 6.45) is 0. The van der Waals surface area contributed by atoms with Crippen LogP contribution in [0.5, 0.6) is 0 Å². The van der Waals surface area contributed by atoms with Crippen LogP contribution in [-0.2, 0) is 26.9 Å². The molecule has 174 valence electrons. The number of rotatable bonds is 10. The van der Waals surface area contributed by atoms with Crippen LogP contribution in [0.2, 0.25) is 0 Å². The van der Waals surface area contributed by atoms with Crippen molar-refractivity contribution >= 4 is 27.5 Å². The first-order chi connectivity index (χ1) is 15.7. The van der Waals surface area contributed by atoms with Gasteiger partial charge in [-0.1, -0.05) is 23.4 Å². The minimum absolute atomic E-state index is 0.0167. The van der Waals surface area contributed by atoms with E-state index in [1.165, 1.54) is 22.9 Å². The van der Waals surface area contributed by atoms with Crippen LogP contribution >= 0.6 is 0 Å². The van der Waals surface area contributed by atoms with Crippen LogP contribution in [0.4, 0.5) is 5.82 Å². The third kappa shape index (κ3) is 6.19. The zero-order valence-electron chi connectivity index (χ0n) is 17.3. The maximum atomic E-state index is 12.3. The molecule has 33 heavy (non-hydrogen) atoms. The van der Waals surface area contributed by atoms with Crippen LogP contribution in [0.1, 0.15) is 22.2 Å². The first-order valence-electron chi connectivity index (χ1n) is 9.50. The Kier molecular flexibility index (Phi) is 7.12. The Bertz CT molecular complexity index is 1270. The molecule has 1 aromatic carbocycles.